The molecule has 0 aromatic heterocycles. The highest BCUT2D eigenvalue weighted by Crippen LogP contribution is 2.11. The van der Waals surface area contributed by atoms with E-state index in [1.165, 1.54) is 64.2 Å². The third kappa shape index (κ3) is 16.2. The second-order valence-electron chi connectivity index (χ2n) is 6.39. The number of sulfone groups is 1. The highest BCUT2D eigenvalue weighted by Gasteiger charge is 2.09. The molecule has 0 heterocycles. The second-order valence-corrected chi connectivity index (χ2v) is 8.70. The number of hydrogen-bond acceptors (Lipinski definition) is 2. The van der Waals surface area contributed by atoms with Gasteiger partial charge in [0.05, 0.1) is 11.5 Å². The fraction of sp³-hybridized carbons (Fsp3) is 1.00. The van der Waals surface area contributed by atoms with Crippen LogP contribution < -0.4 is 0 Å². The van der Waals surface area contributed by atoms with Crippen LogP contribution in [0, 0.1) is 0 Å². The van der Waals surface area contributed by atoms with Gasteiger partial charge in [-0.1, -0.05) is 90.9 Å². The first-order chi connectivity index (χ1) is 10.1. The van der Waals surface area contributed by atoms with Gasteiger partial charge in [-0.3, -0.25) is 0 Å². The van der Waals surface area contributed by atoms with Crippen LogP contribution in [0.2, 0.25) is 0 Å². The van der Waals surface area contributed by atoms with Gasteiger partial charge in [0, 0.05) is 0 Å². The summed E-state index contributed by atoms with van der Waals surface area (Å²) in [6, 6.07) is 0. The summed E-state index contributed by atoms with van der Waals surface area (Å²) in [5.41, 5.74) is 0. The van der Waals surface area contributed by atoms with Gasteiger partial charge in [-0.05, 0) is 12.8 Å². The molecular weight excluding hydrogens is 280 g/mol. The van der Waals surface area contributed by atoms with Crippen molar-refractivity contribution in [2.45, 2.75) is 104 Å². The Bertz CT molecular complexity index is 272. The van der Waals surface area contributed by atoms with Crippen LogP contribution in [0.1, 0.15) is 104 Å². The highest BCUT2D eigenvalue weighted by molar-refractivity contribution is 7.91. The third-order valence-corrected chi connectivity index (χ3v) is 5.94. The van der Waals surface area contributed by atoms with Crippen molar-refractivity contribution in [2.75, 3.05) is 11.5 Å². The van der Waals surface area contributed by atoms with Crippen LogP contribution in [0.4, 0.5) is 0 Å². The lowest BCUT2D eigenvalue weighted by atomic mass is 10.1. The maximum atomic E-state index is 11.9. The summed E-state index contributed by atoms with van der Waals surface area (Å²) in [6.45, 7) is 4.44. The molecule has 0 saturated heterocycles. The summed E-state index contributed by atoms with van der Waals surface area (Å²) >= 11 is 0. The molecule has 0 fully saturated rings. The molecule has 0 atom stereocenters. The minimum Gasteiger partial charge on any atom is -0.229 e. The SMILES string of the molecule is CCCCCCCCCS(=O)(=O)CCCCCCCCC. The Morgan fingerprint density at radius 1 is 0.476 bits per heavy atom. The summed E-state index contributed by atoms with van der Waals surface area (Å²) < 4.78 is 23.8. The van der Waals surface area contributed by atoms with E-state index in [-0.39, 0.29) is 0 Å². The van der Waals surface area contributed by atoms with Crippen molar-refractivity contribution in [3.05, 3.63) is 0 Å². The van der Waals surface area contributed by atoms with Gasteiger partial charge in [0.2, 0.25) is 0 Å². The van der Waals surface area contributed by atoms with Gasteiger partial charge < -0.3 is 0 Å². The number of unbranched alkanes of at least 4 members (excludes halogenated alkanes) is 12. The molecule has 0 aliphatic carbocycles. The number of hydrogen-bond donors (Lipinski definition) is 0. The van der Waals surface area contributed by atoms with Crippen LogP contribution in [0.25, 0.3) is 0 Å². The molecule has 3 heteroatoms. The predicted octanol–water partition coefficient (Wildman–Crippen LogP) is 5.90. The zero-order chi connectivity index (χ0) is 15.8. The Balaban J connectivity index is 3.39. The predicted molar refractivity (Wildman–Crippen MR) is 94.6 cm³/mol. The Kier molecular flexibility index (Phi) is 14.8. The molecule has 21 heavy (non-hydrogen) atoms. The van der Waals surface area contributed by atoms with Gasteiger partial charge in [-0.15, -0.1) is 0 Å². The molecule has 0 unspecified atom stereocenters. The van der Waals surface area contributed by atoms with Crippen molar-refractivity contribution in [3.63, 3.8) is 0 Å². The van der Waals surface area contributed by atoms with Crippen LogP contribution in [-0.2, 0) is 9.84 Å². The molecule has 0 aromatic carbocycles. The maximum absolute atomic E-state index is 11.9. The molecule has 0 N–H and O–H groups in total. The van der Waals surface area contributed by atoms with Crippen molar-refractivity contribution >= 4 is 9.84 Å². The summed E-state index contributed by atoms with van der Waals surface area (Å²) in [5.74, 6) is 0.827. The fourth-order valence-electron chi connectivity index (χ4n) is 2.66. The van der Waals surface area contributed by atoms with E-state index < -0.39 is 9.84 Å². The van der Waals surface area contributed by atoms with E-state index in [0.29, 0.717) is 11.5 Å². The highest BCUT2D eigenvalue weighted by atomic mass is 32.2. The summed E-state index contributed by atoms with van der Waals surface area (Å²) in [4.78, 5) is 0. The largest absolute Gasteiger partial charge is 0.229 e. The monoisotopic (exact) mass is 318 g/mol. The Hall–Kier alpha value is -0.0500. The summed E-state index contributed by atoms with van der Waals surface area (Å²) in [7, 11) is -2.78. The molecule has 0 aromatic rings. The lowest BCUT2D eigenvalue weighted by Crippen LogP contribution is -2.11. The Morgan fingerprint density at radius 2 is 0.762 bits per heavy atom. The quantitative estimate of drug-likeness (QED) is 0.332. The molecule has 0 bridgehead atoms. The molecule has 0 aliphatic rings. The van der Waals surface area contributed by atoms with Crippen molar-refractivity contribution in [1.29, 1.82) is 0 Å². The standard InChI is InChI=1S/C18H38O2S/c1-3-5-7-9-11-13-15-17-21(19,20)18-16-14-12-10-8-6-4-2/h3-18H2,1-2H3. The van der Waals surface area contributed by atoms with Gasteiger partial charge in [0.25, 0.3) is 0 Å². The average molecular weight is 319 g/mol. The lowest BCUT2D eigenvalue weighted by Gasteiger charge is -2.05. The zero-order valence-corrected chi connectivity index (χ0v) is 15.4. The molecule has 0 radical (unpaired) electrons. The smallest absolute Gasteiger partial charge is 0.150 e. The molecule has 0 amide bonds. The van der Waals surface area contributed by atoms with Gasteiger partial charge in [0.15, 0.2) is 0 Å². The van der Waals surface area contributed by atoms with Crippen molar-refractivity contribution in [2.24, 2.45) is 0 Å². The first kappa shape index (κ1) is 20.9. The second kappa shape index (κ2) is 14.9. The van der Waals surface area contributed by atoms with Crippen molar-refractivity contribution in [3.8, 4) is 0 Å². The molecule has 0 rings (SSSR count). The van der Waals surface area contributed by atoms with E-state index in [9.17, 15) is 8.42 Å². The van der Waals surface area contributed by atoms with E-state index in [1.807, 2.05) is 0 Å². The molecule has 0 aliphatic heterocycles. The average Bonchev–Trinajstić information content (AvgIpc) is 2.45. The topological polar surface area (TPSA) is 34.1 Å². The maximum Gasteiger partial charge on any atom is 0.150 e. The van der Waals surface area contributed by atoms with Crippen LogP contribution in [0.15, 0.2) is 0 Å². The van der Waals surface area contributed by atoms with Crippen LogP contribution in [-0.4, -0.2) is 19.9 Å². The summed E-state index contributed by atoms with van der Waals surface area (Å²) in [6.07, 6.45) is 16.6. The Morgan fingerprint density at radius 3 is 1.10 bits per heavy atom. The van der Waals surface area contributed by atoms with Gasteiger partial charge in [0.1, 0.15) is 9.84 Å². The van der Waals surface area contributed by atoms with Gasteiger partial charge in [-0.2, -0.15) is 0 Å². The van der Waals surface area contributed by atoms with E-state index in [4.69, 9.17) is 0 Å². The molecule has 128 valence electrons. The molecule has 0 spiro atoms. The van der Waals surface area contributed by atoms with Crippen LogP contribution in [0.5, 0.6) is 0 Å². The van der Waals surface area contributed by atoms with E-state index in [1.54, 1.807) is 0 Å². The first-order valence-corrected chi connectivity index (χ1v) is 11.1. The first-order valence-electron chi connectivity index (χ1n) is 9.32. The molecule has 2 nitrogen and oxygen atoms in total. The normalized spacial score (nSPS) is 11.9. The molecule has 0 saturated carbocycles. The van der Waals surface area contributed by atoms with E-state index in [0.717, 1.165) is 25.7 Å². The van der Waals surface area contributed by atoms with E-state index in [2.05, 4.69) is 13.8 Å². The minimum absolute atomic E-state index is 0.413. The van der Waals surface area contributed by atoms with E-state index >= 15 is 0 Å². The number of rotatable bonds is 16. The van der Waals surface area contributed by atoms with Crippen LogP contribution in [0.3, 0.4) is 0 Å². The van der Waals surface area contributed by atoms with Gasteiger partial charge in [-0.25, -0.2) is 8.42 Å². The lowest BCUT2D eigenvalue weighted by molar-refractivity contribution is 0.569. The molecular formula is C18H38O2S. The van der Waals surface area contributed by atoms with Gasteiger partial charge >= 0.3 is 0 Å². The minimum atomic E-state index is -2.78. The third-order valence-electron chi connectivity index (χ3n) is 4.12. The van der Waals surface area contributed by atoms with Crippen LogP contribution >= 0.6 is 0 Å². The summed E-state index contributed by atoms with van der Waals surface area (Å²) in [5, 5.41) is 0. The Labute approximate surface area is 134 Å². The van der Waals surface area contributed by atoms with Crippen molar-refractivity contribution in [1.82, 2.24) is 0 Å². The fourth-order valence-corrected chi connectivity index (χ4v) is 4.15. The zero-order valence-electron chi connectivity index (χ0n) is 14.5. The van der Waals surface area contributed by atoms with Crippen molar-refractivity contribution < 1.29 is 8.42 Å².